The van der Waals surface area contributed by atoms with Crippen LogP contribution in [0.25, 0.3) is 0 Å². The number of carbonyl (C=O) groups excluding carboxylic acids is 2. The van der Waals surface area contributed by atoms with Crippen LogP contribution in [-0.4, -0.2) is 29.8 Å². The minimum Gasteiger partial charge on any atom is -0.341 e. The van der Waals surface area contributed by atoms with Gasteiger partial charge >= 0.3 is 0 Å². The fourth-order valence-corrected chi connectivity index (χ4v) is 2.68. The van der Waals surface area contributed by atoms with Gasteiger partial charge in [-0.15, -0.1) is 0 Å². The Morgan fingerprint density at radius 3 is 2.57 bits per heavy atom. The van der Waals surface area contributed by atoms with Crippen molar-refractivity contribution in [2.45, 2.75) is 33.6 Å². The second kappa shape index (κ2) is 6.64. The molecule has 2 rings (SSSR count). The van der Waals surface area contributed by atoms with Crippen molar-refractivity contribution in [1.82, 2.24) is 4.90 Å². The van der Waals surface area contributed by atoms with E-state index >= 15 is 0 Å². The highest BCUT2D eigenvalue weighted by Gasteiger charge is 2.33. The number of likely N-dealkylation sites (tertiary alicyclic amines) is 1. The standard InChI is InChI=1S/C17H22F2N2O2/c1-17(2,3)16(23)21-8-4-5-11(10-21)15(22)20-14-7-6-12(18)9-13(14)19/h6-7,9,11H,4-5,8,10H2,1-3H3,(H,20,22). The smallest absolute Gasteiger partial charge is 0.229 e. The van der Waals surface area contributed by atoms with Crippen molar-refractivity contribution in [3.05, 3.63) is 29.8 Å². The van der Waals surface area contributed by atoms with E-state index in [1.165, 1.54) is 6.07 Å². The Labute approximate surface area is 134 Å². The van der Waals surface area contributed by atoms with Crippen molar-refractivity contribution in [1.29, 1.82) is 0 Å². The van der Waals surface area contributed by atoms with Crippen LogP contribution in [0.4, 0.5) is 14.5 Å². The second-order valence-corrected chi connectivity index (χ2v) is 6.95. The van der Waals surface area contributed by atoms with E-state index in [4.69, 9.17) is 0 Å². The van der Waals surface area contributed by atoms with Crippen LogP contribution in [0.5, 0.6) is 0 Å². The van der Waals surface area contributed by atoms with Gasteiger partial charge in [0.1, 0.15) is 11.6 Å². The topological polar surface area (TPSA) is 49.4 Å². The van der Waals surface area contributed by atoms with Gasteiger partial charge in [0, 0.05) is 24.6 Å². The van der Waals surface area contributed by atoms with E-state index in [9.17, 15) is 18.4 Å². The molecule has 1 fully saturated rings. The highest BCUT2D eigenvalue weighted by molar-refractivity contribution is 5.93. The number of rotatable bonds is 2. The summed E-state index contributed by atoms with van der Waals surface area (Å²) in [6.07, 6.45) is 1.37. The van der Waals surface area contributed by atoms with Gasteiger partial charge in [0.05, 0.1) is 11.6 Å². The number of piperidine rings is 1. The molecule has 2 amide bonds. The zero-order chi connectivity index (χ0) is 17.2. The molecule has 1 aliphatic heterocycles. The Balaban J connectivity index is 2.03. The molecule has 1 aromatic carbocycles. The first-order chi connectivity index (χ1) is 10.7. The highest BCUT2D eigenvalue weighted by Crippen LogP contribution is 2.25. The third-order valence-corrected chi connectivity index (χ3v) is 3.91. The Morgan fingerprint density at radius 1 is 1.26 bits per heavy atom. The number of nitrogens with one attached hydrogen (secondary N) is 1. The molecule has 0 bridgehead atoms. The van der Waals surface area contributed by atoms with Gasteiger partial charge in [0.15, 0.2) is 0 Å². The van der Waals surface area contributed by atoms with Crippen molar-refractivity contribution >= 4 is 17.5 Å². The number of amides is 2. The Morgan fingerprint density at radius 2 is 1.96 bits per heavy atom. The Kier molecular flexibility index (Phi) is 5.02. The molecule has 6 heteroatoms. The van der Waals surface area contributed by atoms with Crippen molar-refractivity contribution in [3.63, 3.8) is 0 Å². The first-order valence-electron chi connectivity index (χ1n) is 7.74. The summed E-state index contributed by atoms with van der Waals surface area (Å²) >= 11 is 0. The highest BCUT2D eigenvalue weighted by atomic mass is 19.1. The van der Waals surface area contributed by atoms with Gasteiger partial charge in [-0.3, -0.25) is 9.59 Å². The van der Waals surface area contributed by atoms with Crippen molar-refractivity contribution in [3.8, 4) is 0 Å². The molecule has 1 saturated heterocycles. The lowest BCUT2D eigenvalue weighted by atomic mass is 9.91. The molecule has 1 aromatic rings. The molecule has 0 radical (unpaired) electrons. The zero-order valence-electron chi connectivity index (χ0n) is 13.7. The molecule has 4 nitrogen and oxygen atoms in total. The molecule has 0 saturated carbocycles. The van der Waals surface area contributed by atoms with Crippen LogP contribution in [0.2, 0.25) is 0 Å². The number of halogens is 2. The molecule has 1 aliphatic rings. The summed E-state index contributed by atoms with van der Waals surface area (Å²) in [4.78, 5) is 26.3. The molecular formula is C17H22F2N2O2. The SMILES string of the molecule is CC(C)(C)C(=O)N1CCCC(C(=O)Nc2ccc(F)cc2F)C1. The minimum absolute atomic E-state index is 0.00274. The largest absolute Gasteiger partial charge is 0.341 e. The lowest BCUT2D eigenvalue weighted by molar-refractivity contribution is -0.142. The maximum Gasteiger partial charge on any atom is 0.229 e. The molecule has 1 heterocycles. The fraction of sp³-hybridized carbons (Fsp3) is 0.529. The van der Waals surface area contributed by atoms with E-state index in [-0.39, 0.29) is 23.4 Å². The maximum atomic E-state index is 13.6. The van der Waals surface area contributed by atoms with Crippen LogP contribution in [-0.2, 0) is 9.59 Å². The van der Waals surface area contributed by atoms with Gasteiger partial charge in [-0.2, -0.15) is 0 Å². The van der Waals surface area contributed by atoms with Crippen molar-refractivity contribution in [2.24, 2.45) is 11.3 Å². The monoisotopic (exact) mass is 324 g/mol. The maximum absolute atomic E-state index is 13.6. The van der Waals surface area contributed by atoms with Crippen LogP contribution < -0.4 is 5.32 Å². The van der Waals surface area contributed by atoms with Gasteiger partial charge in [0.2, 0.25) is 11.8 Å². The lowest BCUT2D eigenvalue weighted by Gasteiger charge is -2.35. The van der Waals surface area contributed by atoms with E-state index in [1.54, 1.807) is 4.90 Å². The van der Waals surface area contributed by atoms with Crippen molar-refractivity contribution < 1.29 is 18.4 Å². The summed E-state index contributed by atoms with van der Waals surface area (Å²) < 4.78 is 26.5. The molecule has 1 unspecified atom stereocenters. The summed E-state index contributed by atoms with van der Waals surface area (Å²) in [5.41, 5.74) is -0.544. The van der Waals surface area contributed by atoms with E-state index in [0.29, 0.717) is 19.5 Å². The summed E-state index contributed by atoms with van der Waals surface area (Å²) in [6, 6.07) is 3.02. The van der Waals surface area contributed by atoms with Crippen molar-refractivity contribution in [2.75, 3.05) is 18.4 Å². The summed E-state index contributed by atoms with van der Waals surface area (Å²) in [5, 5.41) is 2.49. The number of hydrogen-bond acceptors (Lipinski definition) is 2. The van der Waals surface area contributed by atoms with Gasteiger partial charge in [-0.05, 0) is 25.0 Å². The average Bonchev–Trinajstić information content (AvgIpc) is 2.48. The van der Waals surface area contributed by atoms with Gasteiger partial charge in [-0.1, -0.05) is 20.8 Å². The van der Waals surface area contributed by atoms with E-state index in [0.717, 1.165) is 18.6 Å². The fourth-order valence-electron chi connectivity index (χ4n) is 2.68. The van der Waals surface area contributed by atoms with E-state index in [2.05, 4.69) is 5.32 Å². The quantitative estimate of drug-likeness (QED) is 0.908. The van der Waals surface area contributed by atoms with Crippen LogP contribution >= 0.6 is 0 Å². The minimum atomic E-state index is -0.809. The molecule has 0 aliphatic carbocycles. The van der Waals surface area contributed by atoms with Crippen LogP contribution in [0.3, 0.4) is 0 Å². The summed E-state index contributed by atoms with van der Waals surface area (Å²) in [5.74, 6) is -2.23. The number of anilines is 1. The molecule has 0 spiro atoms. The first-order valence-corrected chi connectivity index (χ1v) is 7.74. The number of nitrogens with zero attached hydrogens (tertiary/aromatic N) is 1. The lowest BCUT2D eigenvalue weighted by Crippen LogP contribution is -2.47. The van der Waals surface area contributed by atoms with E-state index < -0.39 is 17.0 Å². The van der Waals surface area contributed by atoms with Crippen LogP contribution in [0, 0.1) is 23.0 Å². The number of carbonyl (C=O) groups is 2. The second-order valence-electron chi connectivity index (χ2n) is 6.95. The van der Waals surface area contributed by atoms with Crippen LogP contribution in [0.15, 0.2) is 18.2 Å². The molecule has 1 atom stereocenters. The normalized spacial score (nSPS) is 18.7. The van der Waals surface area contributed by atoms with Crippen LogP contribution in [0.1, 0.15) is 33.6 Å². The number of benzene rings is 1. The molecule has 23 heavy (non-hydrogen) atoms. The average molecular weight is 324 g/mol. The summed E-state index contributed by atoms with van der Waals surface area (Å²) in [7, 11) is 0. The van der Waals surface area contributed by atoms with Gasteiger partial charge in [-0.25, -0.2) is 8.78 Å². The predicted molar refractivity (Wildman–Crippen MR) is 83.7 cm³/mol. The molecule has 126 valence electrons. The van der Waals surface area contributed by atoms with E-state index in [1.807, 2.05) is 20.8 Å². The van der Waals surface area contributed by atoms with Gasteiger partial charge in [0.25, 0.3) is 0 Å². The number of hydrogen-bond donors (Lipinski definition) is 1. The third-order valence-electron chi connectivity index (χ3n) is 3.91. The Bertz CT molecular complexity index is 611. The Hall–Kier alpha value is -1.98. The van der Waals surface area contributed by atoms with Gasteiger partial charge < -0.3 is 10.2 Å². The molecule has 1 N–H and O–H groups in total. The molecule has 0 aromatic heterocycles. The molecular weight excluding hydrogens is 302 g/mol. The first kappa shape index (κ1) is 17.4. The third kappa shape index (κ3) is 4.27. The summed E-state index contributed by atoms with van der Waals surface area (Å²) in [6.45, 7) is 6.47. The predicted octanol–water partition coefficient (Wildman–Crippen LogP) is 3.19. The zero-order valence-corrected chi connectivity index (χ0v) is 13.7.